The fourth-order valence-corrected chi connectivity index (χ4v) is 3.23. The number of anilines is 1. The number of aromatic nitrogens is 4. The van der Waals surface area contributed by atoms with Crippen molar-refractivity contribution in [1.29, 1.82) is 0 Å². The number of fused-ring (bicyclic) bond motifs is 1. The number of carbonyl (C=O) groups excluding carboxylic acids is 2. The second-order valence-electron chi connectivity index (χ2n) is 6.25. The van der Waals surface area contributed by atoms with Gasteiger partial charge in [0, 0.05) is 42.7 Å². The van der Waals surface area contributed by atoms with E-state index in [0.717, 1.165) is 7.11 Å². The monoisotopic (exact) mass is 431 g/mol. The molecule has 4 rings (SSSR count). The van der Waals surface area contributed by atoms with Gasteiger partial charge in [-0.25, -0.2) is 13.8 Å². The van der Waals surface area contributed by atoms with Crippen LogP contribution in [0, 0.1) is 0 Å². The molecule has 31 heavy (non-hydrogen) atoms. The van der Waals surface area contributed by atoms with Gasteiger partial charge in [0.2, 0.25) is 0 Å². The topological polar surface area (TPSA) is 110 Å². The second-order valence-corrected chi connectivity index (χ2v) is 6.25. The second kappa shape index (κ2) is 9.39. The Morgan fingerprint density at radius 2 is 1.94 bits per heavy atom. The molecule has 0 fully saturated rings. The van der Waals surface area contributed by atoms with E-state index in [1.54, 1.807) is 16.9 Å². The van der Waals surface area contributed by atoms with E-state index in [2.05, 4.69) is 15.1 Å². The first kappa shape index (κ1) is 22.0. The van der Waals surface area contributed by atoms with Gasteiger partial charge < -0.3 is 9.84 Å². The summed E-state index contributed by atoms with van der Waals surface area (Å²) in [4.78, 5) is 33.7. The Morgan fingerprint density at radius 1 is 1.16 bits per heavy atom. The molecule has 1 amide bonds. The van der Waals surface area contributed by atoms with Crippen LogP contribution < -0.4 is 9.64 Å². The first-order valence-electron chi connectivity index (χ1n) is 9.09. The number of aliphatic hydroxyl groups excluding tert-OH is 1. The van der Waals surface area contributed by atoms with E-state index in [1.807, 2.05) is 0 Å². The molecule has 9 nitrogen and oxygen atoms in total. The number of amides is 1. The Balaban J connectivity index is 0.00000132. The van der Waals surface area contributed by atoms with Gasteiger partial charge >= 0.3 is 0 Å². The number of rotatable bonds is 5. The maximum absolute atomic E-state index is 13.2. The molecule has 162 valence electrons. The van der Waals surface area contributed by atoms with Crippen LogP contribution in [0.2, 0.25) is 0 Å². The van der Waals surface area contributed by atoms with E-state index >= 15 is 0 Å². The highest BCUT2D eigenvalue weighted by atomic mass is 19.3. The van der Waals surface area contributed by atoms with Crippen molar-refractivity contribution in [2.45, 2.75) is 13.0 Å². The molecule has 0 bridgehead atoms. The first-order valence-corrected chi connectivity index (χ1v) is 9.09. The Hall–Kier alpha value is -3.73. The molecular formula is C20H19F2N5O4. The van der Waals surface area contributed by atoms with Crippen LogP contribution in [0.15, 0.2) is 36.8 Å². The molecule has 0 spiro atoms. The van der Waals surface area contributed by atoms with Gasteiger partial charge in [0.05, 0.1) is 19.9 Å². The Kier molecular flexibility index (Phi) is 6.65. The SMILES string of the molecule is CO.COc1cnc(C(F)F)cc1-c1cc(N2CCn3nccc3C2=O)ncc1C=O. The van der Waals surface area contributed by atoms with Crippen molar-refractivity contribution >= 4 is 18.0 Å². The molecule has 1 aliphatic rings. The molecule has 0 radical (unpaired) electrons. The lowest BCUT2D eigenvalue weighted by molar-refractivity contribution is 0.0961. The van der Waals surface area contributed by atoms with Crippen LogP contribution >= 0.6 is 0 Å². The van der Waals surface area contributed by atoms with Gasteiger partial charge in [-0.1, -0.05) is 0 Å². The van der Waals surface area contributed by atoms with Crippen LogP contribution in [0.3, 0.4) is 0 Å². The maximum atomic E-state index is 13.2. The summed E-state index contributed by atoms with van der Waals surface area (Å²) in [5.41, 5.74) is 0.721. The quantitative estimate of drug-likeness (QED) is 0.618. The van der Waals surface area contributed by atoms with Gasteiger partial charge in [-0.05, 0) is 18.2 Å². The molecule has 0 atom stereocenters. The van der Waals surface area contributed by atoms with E-state index in [0.29, 0.717) is 36.5 Å². The molecular weight excluding hydrogens is 412 g/mol. The van der Waals surface area contributed by atoms with Crippen molar-refractivity contribution in [2.75, 3.05) is 25.7 Å². The number of pyridine rings is 2. The number of nitrogens with zero attached hydrogens (tertiary/aromatic N) is 5. The minimum Gasteiger partial charge on any atom is -0.494 e. The van der Waals surface area contributed by atoms with Gasteiger partial charge in [-0.2, -0.15) is 5.10 Å². The summed E-state index contributed by atoms with van der Waals surface area (Å²) in [5, 5.41) is 11.1. The number of aldehydes is 1. The summed E-state index contributed by atoms with van der Waals surface area (Å²) in [5.74, 6) is 0.222. The van der Waals surface area contributed by atoms with E-state index in [9.17, 15) is 18.4 Å². The zero-order valence-corrected chi connectivity index (χ0v) is 16.7. The smallest absolute Gasteiger partial charge is 0.280 e. The molecule has 1 N–H and O–H groups in total. The van der Waals surface area contributed by atoms with E-state index in [-0.39, 0.29) is 22.8 Å². The minimum absolute atomic E-state index is 0.174. The van der Waals surface area contributed by atoms with Crippen molar-refractivity contribution in [1.82, 2.24) is 19.7 Å². The third-order valence-electron chi connectivity index (χ3n) is 4.66. The van der Waals surface area contributed by atoms with E-state index < -0.39 is 12.1 Å². The number of alkyl halides is 2. The third-order valence-corrected chi connectivity index (χ3v) is 4.66. The zero-order chi connectivity index (χ0) is 22.5. The fraction of sp³-hybridized carbons (Fsp3) is 0.250. The van der Waals surface area contributed by atoms with Gasteiger partial charge in [-0.15, -0.1) is 0 Å². The predicted molar refractivity (Wildman–Crippen MR) is 106 cm³/mol. The number of ether oxygens (including phenoxy) is 1. The molecule has 11 heteroatoms. The summed E-state index contributed by atoms with van der Waals surface area (Å²) >= 11 is 0. The molecule has 0 saturated carbocycles. The van der Waals surface area contributed by atoms with Crippen LogP contribution in [-0.4, -0.2) is 57.8 Å². The normalized spacial score (nSPS) is 12.8. The number of aliphatic hydroxyl groups is 1. The number of methoxy groups -OCH3 is 1. The van der Waals surface area contributed by atoms with Crippen LogP contribution in [-0.2, 0) is 6.54 Å². The maximum Gasteiger partial charge on any atom is 0.280 e. The molecule has 0 aromatic carbocycles. The fourth-order valence-electron chi connectivity index (χ4n) is 3.23. The van der Waals surface area contributed by atoms with Crippen molar-refractivity contribution in [2.24, 2.45) is 0 Å². The lowest BCUT2D eigenvalue weighted by Gasteiger charge is -2.27. The van der Waals surface area contributed by atoms with Crippen LogP contribution in [0.4, 0.5) is 14.6 Å². The zero-order valence-electron chi connectivity index (χ0n) is 16.7. The first-order chi connectivity index (χ1) is 15.0. The molecule has 3 aromatic heterocycles. The number of hydrogen-bond donors (Lipinski definition) is 1. The summed E-state index contributed by atoms with van der Waals surface area (Å²) in [6.45, 7) is 0.810. The molecule has 3 aromatic rings. The predicted octanol–water partition coefficient (Wildman–Crippen LogP) is 2.37. The summed E-state index contributed by atoms with van der Waals surface area (Å²) < 4.78 is 33.2. The van der Waals surface area contributed by atoms with Crippen molar-refractivity contribution < 1.29 is 28.2 Å². The largest absolute Gasteiger partial charge is 0.494 e. The Bertz CT molecular complexity index is 1100. The van der Waals surface area contributed by atoms with Crippen LogP contribution in [0.25, 0.3) is 11.1 Å². The summed E-state index contributed by atoms with van der Waals surface area (Å²) in [6.07, 6.45) is 1.80. The molecule has 0 saturated heterocycles. The van der Waals surface area contributed by atoms with Crippen molar-refractivity contribution in [3.05, 3.63) is 53.7 Å². The van der Waals surface area contributed by atoms with Gasteiger partial charge in [-0.3, -0.25) is 24.2 Å². The van der Waals surface area contributed by atoms with Gasteiger partial charge in [0.25, 0.3) is 12.3 Å². The minimum atomic E-state index is -2.79. The molecule has 0 aliphatic carbocycles. The molecule has 4 heterocycles. The summed E-state index contributed by atoms with van der Waals surface area (Å²) in [6, 6.07) is 4.29. The van der Waals surface area contributed by atoms with Crippen LogP contribution in [0.5, 0.6) is 5.75 Å². The van der Waals surface area contributed by atoms with Crippen LogP contribution in [0.1, 0.15) is 33.0 Å². The van der Waals surface area contributed by atoms with Crippen molar-refractivity contribution in [3.63, 3.8) is 0 Å². The molecule has 0 unspecified atom stereocenters. The highest BCUT2D eigenvalue weighted by molar-refractivity contribution is 6.05. The Morgan fingerprint density at radius 3 is 2.61 bits per heavy atom. The summed E-state index contributed by atoms with van der Waals surface area (Å²) in [7, 11) is 2.38. The number of hydrogen-bond acceptors (Lipinski definition) is 7. The average Bonchev–Trinajstić information content (AvgIpc) is 3.29. The average molecular weight is 431 g/mol. The standard InChI is InChI=1S/C19H15F2N5O3.CH4O/c1-29-16-9-22-14(18(20)21)6-13(16)12-7-17(23-8-11(12)10-27)25-4-5-26-15(19(25)28)2-3-24-26;1-2/h2-3,6-10,18H,4-5H2,1H3;2H,1H3. The van der Waals surface area contributed by atoms with Crippen molar-refractivity contribution in [3.8, 4) is 16.9 Å². The number of halogens is 2. The lowest BCUT2D eigenvalue weighted by Crippen LogP contribution is -2.41. The Labute approximate surface area is 175 Å². The van der Waals surface area contributed by atoms with E-state index in [4.69, 9.17) is 9.84 Å². The highest BCUT2D eigenvalue weighted by Gasteiger charge is 2.28. The lowest BCUT2D eigenvalue weighted by atomic mass is 10.0. The number of carbonyl (C=O) groups is 2. The van der Waals surface area contributed by atoms with E-state index in [1.165, 1.54) is 36.5 Å². The highest BCUT2D eigenvalue weighted by Crippen LogP contribution is 2.35. The third kappa shape index (κ3) is 4.12. The molecule has 1 aliphatic heterocycles. The van der Waals surface area contributed by atoms with Gasteiger partial charge in [0.15, 0.2) is 6.29 Å². The van der Waals surface area contributed by atoms with Gasteiger partial charge in [0.1, 0.15) is 23.0 Å².